The van der Waals surface area contributed by atoms with Crippen LogP contribution in [-0.2, 0) is 6.42 Å². The van der Waals surface area contributed by atoms with Crippen LogP contribution in [0.2, 0.25) is 0 Å². The fraction of sp³-hybridized carbons (Fsp3) is 0.586. The summed E-state index contributed by atoms with van der Waals surface area (Å²) in [7, 11) is 0. The van der Waals surface area contributed by atoms with E-state index in [9.17, 15) is 0 Å². The van der Waals surface area contributed by atoms with E-state index in [1.807, 2.05) is 0 Å². The fourth-order valence-electron chi connectivity index (χ4n) is 4.52. The normalized spacial score (nSPS) is 19.0. The van der Waals surface area contributed by atoms with Crippen molar-refractivity contribution in [2.24, 2.45) is 0 Å². The Morgan fingerprint density at radius 2 is 1.50 bits per heavy atom. The number of halogens is 2. The van der Waals surface area contributed by atoms with E-state index < -0.39 is 0 Å². The van der Waals surface area contributed by atoms with Crippen molar-refractivity contribution in [2.45, 2.75) is 112 Å². The number of allylic oxidation sites excluding steroid dienone is 6. The summed E-state index contributed by atoms with van der Waals surface area (Å²) in [6.07, 6.45) is 16.4. The Balaban J connectivity index is 1.91. The molecule has 0 aliphatic carbocycles. The third kappa shape index (κ3) is 7.89. The molecule has 0 saturated carbocycles. The summed E-state index contributed by atoms with van der Waals surface area (Å²) in [5.41, 5.74) is 10.2. The predicted molar refractivity (Wildman–Crippen MR) is 145 cm³/mol. The molecule has 1 unspecified atom stereocenters. The van der Waals surface area contributed by atoms with Crippen LogP contribution in [0.3, 0.4) is 0 Å². The molecular weight excluding hydrogens is 618 g/mol. The van der Waals surface area contributed by atoms with Gasteiger partial charge in [0.1, 0.15) is 0 Å². The van der Waals surface area contributed by atoms with Gasteiger partial charge < -0.3 is 0 Å². The summed E-state index contributed by atoms with van der Waals surface area (Å²) in [4.78, 5) is 0. The van der Waals surface area contributed by atoms with Crippen molar-refractivity contribution >= 4 is 18.6 Å². The van der Waals surface area contributed by atoms with Crippen LogP contribution >= 0.6 is 18.6 Å². The maximum absolute atomic E-state index is 6.73. The van der Waals surface area contributed by atoms with Gasteiger partial charge >= 0.3 is 163 Å². The number of fused-ring (bicyclic) bond motifs is 1. The van der Waals surface area contributed by atoms with Gasteiger partial charge in [-0.1, -0.05) is 23.3 Å². The molecule has 180 valence electrons. The van der Waals surface area contributed by atoms with Gasteiger partial charge in [-0.05, 0) is 33.6 Å². The van der Waals surface area contributed by atoms with Crippen LogP contribution in [0.1, 0.15) is 102 Å². The Morgan fingerprint density at radius 1 is 0.906 bits per heavy atom. The van der Waals surface area contributed by atoms with Gasteiger partial charge in [-0.2, -0.15) is 0 Å². The molecule has 0 radical (unpaired) electrons. The molecule has 1 aromatic carbocycles. The van der Waals surface area contributed by atoms with Crippen molar-refractivity contribution in [3.05, 3.63) is 60.8 Å². The van der Waals surface area contributed by atoms with E-state index in [-0.39, 0.29) is 22.8 Å². The molecule has 1 heterocycles. The predicted octanol–water partition coefficient (Wildman–Crippen LogP) is 6.50. The first kappa shape index (κ1) is 27.9. The molecule has 32 heavy (non-hydrogen) atoms. The summed E-state index contributed by atoms with van der Waals surface area (Å²) >= 11 is 2.68. The number of ether oxygens (including phenoxy) is 1. The minimum atomic E-state index is -0.0459. The molecular formula is C29H43I2O-. The molecule has 0 saturated heterocycles. The average Bonchev–Trinajstić information content (AvgIpc) is 2.72. The van der Waals surface area contributed by atoms with Gasteiger partial charge in [0.25, 0.3) is 0 Å². The summed E-state index contributed by atoms with van der Waals surface area (Å²) in [5, 5.41) is 0. The summed E-state index contributed by atoms with van der Waals surface area (Å²) in [6.45, 7) is 18.1. The molecule has 1 aliphatic heterocycles. The van der Waals surface area contributed by atoms with E-state index in [4.69, 9.17) is 4.74 Å². The van der Waals surface area contributed by atoms with Gasteiger partial charge in [-0.3, -0.25) is 0 Å². The van der Waals surface area contributed by atoms with Crippen LogP contribution in [0.5, 0.6) is 5.75 Å². The van der Waals surface area contributed by atoms with E-state index in [1.165, 1.54) is 64.0 Å². The van der Waals surface area contributed by atoms with E-state index in [2.05, 4.69) is 92.2 Å². The van der Waals surface area contributed by atoms with Crippen LogP contribution in [0.15, 0.2) is 34.9 Å². The van der Waals surface area contributed by atoms with Crippen LogP contribution in [0.25, 0.3) is 0 Å². The van der Waals surface area contributed by atoms with Crippen LogP contribution in [0, 0.1) is 24.3 Å². The molecule has 0 fully saturated rings. The molecule has 1 nitrogen and oxygen atoms in total. The average molecular weight is 661 g/mol. The number of hydrogen-bond acceptors (Lipinski definition) is 1. The zero-order valence-electron chi connectivity index (χ0n) is 21.6. The molecule has 0 spiro atoms. The molecule has 0 aromatic heterocycles. The SMILES string of the molecule is CC(C)=CCC/C(C)=C/CC/C(C)=C/CCC1(C)CCc2c(C)c([I-]I)c(C)c(C)c2O1. The Labute approximate surface area is 218 Å². The molecule has 2 rings (SSSR count). The summed E-state index contributed by atoms with van der Waals surface area (Å²) in [5.74, 6) is 1.20. The van der Waals surface area contributed by atoms with Crippen molar-refractivity contribution in [1.82, 2.24) is 0 Å². The first-order valence-corrected chi connectivity index (χ1v) is 19.5. The van der Waals surface area contributed by atoms with Gasteiger partial charge in [-0.25, -0.2) is 0 Å². The summed E-state index contributed by atoms with van der Waals surface area (Å²) < 4.78 is 8.34. The fourth-order valence-corrected chi connectivity index (χ4v) is 9.96. The van der Waals surface area contributed by atoms with Crippen LogP contribution in [-0.4, -0.2) is 5.60 Å². The van der Waals surface area contributed by atoms with Gasteiger partial charge in [0.05, 0.1) is 0 Å². The van der Waals surface area contributed by atoms with Crippen molar-refractivity contribution in [3.63, 3.8) is 0 Å². The van der Waals surface area contributed by atoms with Gasteiger partial charge in [0.15, 0.2) is 0 Å². The maximum atomic E-state index is 6.73. The molecule has 3 heteroatoms. The Hall–Kier alpha value is -0.300. The first-order chi connectivity index (χ1) is 15.1. The zero-order valence-corrected chi connectivity index (χ0v) is 25.9. The van der Waals surface area contributed by atoms with E-state index in [0.29, 0.717) is 0 Å². The Morgan fingerprint density at radius 3 is 2.09 bits per heavy atom. The molecule has 0 bridgehead atoms. The van der Waals surface area contributed by atoms with Crippen molar-refractivity contribution in [3.8, 4) is 5.75 Å². The standard InChI is InChI=1S/C29H43I2O/c1-20(2)12-9-13-21(3)14-10-15-22(4)16-11-18-29(8)19-17-26-25(7)27(31-30)23(5)24(6)28(26)32-29/h12,14,16H,9-11,13,15,17-19H2,1-8H3/q-1/b21-14+,22-16+. The first-order valence-electron chi connectivity index (χ1n) is 12.1. The van der Waals surface area contributed by atoms with Gasteiger partial charge in [0, 0.05) is 0 Å². The van der Waals surface area contributed by atoms with Crippen LogP contribution < -0.4 is 22.0 Å². The quantitative estimate of drug-likeness (QED) is 0.206. The number of hydrogen-bond donors (Lipinski definition) is 0. The van der Waals surface area contributed by atoms with Crippen LogP contribution in [0.4, 0.5) is 0 Å². The van der Waals surface area contributed by atoms with Gasteiger partial charge in [0.2, 0.25) is 0 Å². The topological polar surface area (TPSA) is 9.23 Å². The van der Waals surface area contributed by atoms with Crippen molar-refractivity contribution in [1.29, 1.82) is 0 Å². The molecule has 1 aliphatic rings. The second kappa shape index (κ2) is 13.0. The molecule has 1 atom stereocenters. The minimum absolute atomic E-state index is 0.0459. The zero-order chi connectivity index (χ0) is 23.9. The Bertz CT molecular complexity index is 887. The van der Waals surface area contributed by atoms with Crippen molar-refractivity contribution < 1.29 is 22.0 Å². The molecule has 0 N–H and O–H groups in total. The molecule has 0 amide bonds. The second-order valence-electron chi connectivity index (χ2n) is 10.1. The van der Waals surface area contributed by atoms with Crippen molar-refractivity contribution in [2.75, 3.05) is 0 Å². The second-order valence-corrected chi connectivity index (χ2v) is 14.3. The van der Waals surface area contributed by atoms with E-state index >= 15 is 0 Å². The summed E-state index contributed by atoms with van der Waals surface area (Å²) in [6, 6.07) is 0. The third-order valence-electron chi connectivity index (χ3n) is 6.90. The monoisotopic (exact) mass is 661 g/mol. The third-order valence-corrected chi connectivity index (χ3v) is 11.7. The number of benzene rings is 1. The van der Waals surface area contributed by atoms with E-state index in [1.54, 1.807) is 3.57 Å². The number of rotatable bonds is 10. The molecule has 1 aromatic rings. The van der Waals surface area contributed by atoms with Gasteiger partial charge in [-0.15, -0.1) is 0 Å². The van der Waals surface area contributed by atoms with E-state index in [0.717, 1.165) is 32.1 Å². The Kier molecular flexibility index (Phi) is 11.3.